The summed E-state index contributed by atoms with van der Waals surface area (Å²) in [4.78, 5) is 0. The highest BCUT2D eigenvalue weighted by Crippen LogP contribution is 2.19. The highest BCUT2D eigenvalue weighted by molar-refractivity contribution is 5.33. The van der Waals surface area contributed by atoms with Crippen molar-refractivity contribution in [2.45, 2.75) is 39.3 Å². The number of rotatable bonds is 3. The van der Waals surface area contributed by atoms with E-state index in [1.807, 2.05) is 0 Å². The van der Waals surface area contributed by atoms with E-state index >= 15 is 0 Å². The molecule has 2 nitrogen and oxygen atoms in total. The van der Waals surface area contributed by atoms with Crippen LogP contribution in [0.4, 0.5) is 0 Å². The van der Waals surface area contributed by atoms with Crippen LogP contribution in [0.25, 0.3) is 0 Å². The SMILES string of the molecule is Cc1cccc(CNC2(C)CCOC2)c1C. The second kappa shape index (κ2) is 4.56. The second-order valence-corrected chi connectivity index (χ2v) is 5.08. The Hall–Kier alpha value is -0.860. The lowest BCUT2D eigenvalue weighted by molar-refractivity contribution is 0.171. The lowest BCUT2D eigenvalue weighted by Gasteiger charge is -2.24. The Labute approximate surface area is 98.0 Å². The molecule has 1 saturated heterocycles. The van der Waals surface area contributed by atoms with E-state index in [9.17, 15) is 0 Å². The van der Waals surface area contributed by atoms with E-state index in [0.29, 0.717) is 0 Å². The van der Waals surface area contributed by atoms with Gasteiger partial charge in [-0.15, -0.1) is 0 Å². The van der Waals surface area contributed by atoms with Gasteiger partial charge >= 0.3 is 0 Å². The molecule has 16 heavy (non-hydrogen) atoms. The molecule has 0 aromatic heterocycles. The average molecular weight is 219 g/mol. The molecule has 0 radical (unpaired) electrons. The predicted molar refractivity (Wildman–Crippen MR) is 66.6 cm³/mol. The van der Waals surface area contributed by atoms with Gasteiger partial charge in [0.2, 0.25) is 0 Å². The van der Waals surface area contributed by atoms with Gasteiger partial charge in [-0.05, 0) is 43.9 Å². The van der Waals surface area contributed by atoms with Crippen LogP contribution >= 0.6 is 0 Å². The van der Waals surface area contributed by atoms with Crippen molar-refractivity contribution < 1.29 is 4.74 Å². The van der Waals surface area contributed by atoms with E-state index in [4.69, 9.17) is 4.74 Å². The molecule has 1 atom stereocenters. The van der Waals surface area contributed by atoms with Gasteiger partial charge in [0.1, 0.15) is 0 Å². The van der Waals surface area contributed by atoms with Gasteiger partial charge in [0.15, 0.2) is 0 Å². The van der Waals surface area contributed by atoms with Crippen molar-refractivity contribution in [2.75, 3.05) is 13.2 Å². The van der Waals surface area contributed by atoms with E-state index in [1.165, 1.54) is 16.7 Å². The Bertz CT molecular complexity index is 367. The largest absolute Gasteiger partial charge is 0.379 e. The molecule has 1 N–H and O–H groups in total. The minimum atomic E-state index is 0.163. The van der Waals surface area contributed by atoms with Crippen molar-refractivity contribution in [1.82, 2.24) is 5.32 Å². The molecule has 0 bridgehead atoms. The summed E-state index contributed by atoms with van der Waals surface area (Å²) >= 11 is 0. The highest BCUT2D eigenvalue weighted by atomic mass is 16.5. The molecule has 0 aliphatic carbocycles. The van der Waals surface area contributed by atoms with Crippen molar-refractivity contribution in [2.24, 2.45) is 0 Å². The number of hydrogen-bond donors (Lipinski definition) is 1. The van der Waals surface area contributed by atoms with Crippen molar-refractivity contribution >= 4 is 0 Å². The fraction of sp³-hybridized carbons (Fsp3) is 0.571. The Morgan fingerprint density at radius 2 is 2.19 bits per heavy atom. The van der Waals surface area contributed by atoms with Gasteiger partial charge in [-0.2, -0.15) is 0 Å². The molecule has 0 saturated carbocycles. The van der Waals surface area contributed by atoms with Crippen LogP contribution in [0.5, 0.6) is 0 Å². The summed E-state index contributed by atoms with van der Waals surface area (Å²) in [5.74, 6) is 0. The van der Waals surface area contributed by atoms with Gasteiger partial charge in [-0.3, -0.25) is 0 Å². The van der Waals surface area contributed by atoms with Crippen LogP contribution in [0.3, 0.4) is 0 Å². The number of ether oxygens (including phenoxy) is 1. The molecule has 1 aliphatic heterocycles. The molecule has 1 aromatic carbocycles. The standard InChI is InChI=1S/C14H21NO/c1-11-5-4-6-13(12(11)2)9-15-14(3)7-8-16-10-14/h4-6,15H,7-10H2,1-3H3. The van der Waals surface area contributed by atoms with E-state index < -0.39 is 0 Å². The molecule has 0 amide bonds. The van der Waals surface area contributed by atoms with Crippen LogP contribution in [0.15, 0.2) is 18.2 Å². The molecule has 88 valence electrons. The fourth-order valence-corrected chi connectivity index (χ4v) is 2.12. The summed E-state index contributed by atoms with van der Waals surface area (Å²) in [6.45, 7) is 9.26. The summed E-state index contributed by atoms with van der Waals surface area (Å²) in [5.41, 5.74) is 4.33. The van der Waals surface area contributed by atoms with E-state index in [1.54, 1.807) is 0 Å². The number of hydrogen-bond acceptors (Lipinski definition) is 2. The van der Waals surface area contributed by atoms with Crippen molar-refractivity contribution in [3.8, 4) is 0 Å². The molecule has 1 fully saturated rings. The third-order valence-corrected chi connectivity index (χ3v) is 3.64. The predicted octanol–water partition coefficient (Wildman–Crippen LogP) is 2.57. The molecular formula is C14H21NO. The Morgan fingerprint density at radius 1 is 1.38 bits per heavy atom. The molecule has 2 rings (SSSR count). The van der Waals surface area contributed by atoms with Crippen LogP contribution in [0.1, 0.15) is 30.0 Å². The van der Waals surface area contributed by atoms with E-state index in [-0.39, 0.29) is 5.54 Å². The second-order valence-electron chi connectivity index (χ2n) is 5.08. The van der Waals surface area contributed by atoms with Crippen LogP contribution in [-0.2, 0) is 11.3 Å². The average Bonchev–Trinajstić information content (AvgIpc) is 2.68. The summed E-state index contributed by atoms with van der Waals surface area (Å²) in [6.07, 6.45) is 1.11. The third-order valence-electron chi connectivity index (χ3n) is 3.64. The quantitative estimate of drug-likeness (QED) is 0.843. The zero-order chi connectivity index (χ0) is 11.6. The first-order chi connectivity index (χ1) is 7.61. The summed E-state index contributed by atoms with van der Waals surface area (Å²) in [5, 5.41) is 3.62. The van der Waals surface area contributed by atoms with Crippen molar-refractivity contribution in [3.63, 3.8) is 0 Å². The summed E-state index contributed by atoms with van der Waals surface area (Å²) < 4.78 is 5.44. The first-order valence-electron chi connectivity index (χ1n) is 5.99. The van der Waals surface area contributed by atoms with Gasteiger partial charge in [0.05, 0.1) is 6.61 Å². The zero-order valence-electron chi connectivity index (χ0n) is 10.5. The van der Waals surface area contributed by atoms with Gasteiger partial charge < -0.3 is 10.1 Å². The molecule has 0 spiro atoms. The van der Waals surface area contributed by atoms with Crippen LogP contribution in [0.2, 0.25) is 0 Å². The van der Waals surface area contributed by atoms with Crippen molar-refractivity contribution in [1.29, 1.82) is 0 Å². The van der Waals surface area contributed by atoms with Gasteiger partial charge in [-0.1, -0.05) is 18.2 Å². The lowest BCUT2D eigenvalue weighted by Crippen LogP contribution is -2.42. The monoisotopic (exact) mass is 219 g/mol. The Kier molecular flexibility index (Phi) is 3.31. The van der Waals surface area contributed by atoms with Crippen LogP contribution in [-0.4, -0.2) is 18.8 Å². The van der Waals surface area contributed by atoms with Crippen molar-refractivity contribution in [3.05, 3.63) is 34.9 Å². The molecule has 2 heteroatoms. The first kappa shape index (κ1) is 11.6. The van der Waals surface area contributed by atoms with Crippen LogP contribution in [0, 0.1) is 13.8 Å². The lowest BCUT2D eigenvalue weighted by atomic mass is 9.99. The van der Waals surface area contributed by atoms with Crippen LogP contribution < -0.4 is 5.32 Å². The first-order valence-corrected chi connectivity index (χ1v) is 5.99. The molecule has 1 heterocycles. The molecular weight excluding hydrogens is 198 g/mol. The maximum atomic E-state index is 5.44. The minimum absolute atomic E-state index is 0.163. The maximum absolute atomic E-state index is 5.44. The molecule has 1 aliphatic rings. The Morgan fingerprint density at radius 3 is 2.88 bits per heavy atom. The molecule has 1 unspecified atom stereocenters. The fourth-order valence-electron chi connectivity index (χ4n) is 2.12. The Balaban J connectivity index is 2.02. The van der Waals surface area contributed by atoms with Gasteiger partial charge in [0, 0.05) is 18.7 Å². The summed E-state index contributed by atoms with van der Waals surface area (Å²) in [6, 6.07) is 6.50. The van der Waals surface area contributed by atoms with E-state index in [2.05, 4.69) is 44.3 Å². The zero-order valence-corrected chi connectivity index (χ0v) is 10.5. The number of aryl methyl sites for hydroxylation is 1. The normalized spacial score (nSPS) is 24.9. The number of nitrogens with one attached hydrogen (secondary N) is 1. The maximum Gasteiger partial charge on any atom is 0.0646 e. The van der Waals surface area contributed by atoms with Gasteiger partial charge in [-0.25, -0.2) is 0 Å². The van der Waals surface area contributed by atoms with E-state index in [0.717, 1.165) is 26.2 Å². The minimum Gasteiger partial charge on any atom is -0.379 e. The third kappa shape index (κ3) is 2.45. The van der Waals surface area contributed by atoms with Gasteiger partial charge in [0.25, 0.3) is 0 Å². The summed E-state index contributed by atoms with van der Waals surface area (Å²) in [7, 11) is 0. The number of benzene rings is 1. The smallest absolute Gasteiger partial charge is 0.0646 e. The topological polar surface area (TPSA) is 21.3 Å². The molecule has 1 aromatic rings. The highest BCUT2D eigenvalue weighted by Gasteiger charge is 2.28.